The van der Waals surface area contributed by atoms with Crippen molar-refractivity contribution in [1.82, 2.24) is 4.98 Å². The summed E-state index contributed by atoms with van der Waals surface area (Å²) in [4.78, 5) is 12.9. The predicted octanol–water partition coefficient (Wildman–Crippen LogP) is 1.31. The van der Waals surface area contributed by atoms with Crippen molar-refractivity contribution in [3.05, 3.63) is 23.5 Å². The number of nitrogens with two attached hydrogens (primary N) is 1. The smallest absolute Gasteiger partial charge is 0.253 e. The summed E-state index contributed by atoms with van der Waals surface area (Å²) in [5.74, 6) is -7.56. The minimum Gasteiger partial charge on any atom is -0.377 e. The van der Waals surface area contributed by atoms with Crippen LogP contribution in [0.15, 0.2) is 0 Å². The molecule has 1 aromatic rings. The van der Waals surface area contributed by atoms with Gasteiger partial charge in [-0.2, -0.15) is 22.5 Å². The van der Waals surface area contributed by atoms with E-state index in [1.165, 1.54) is 6.92 Å². The van der Waals surface area contributed by atoms with Gasteiger partial charge in [0, 0.05) is 12.5 Å². The maximum absolute atomic E-state index is 13.1. The monoisotopic (exact) mass is 251 g/mol. The van der Waals surface area contributed by atoms with Crippen molar-refractivity contribution in [2.75, 3.05) is 5.32 Å². The van der Waals surface area contributed by atoms with Crippen LogP contribution in [0, 0.1) is 23.5 Å². The van der Waals surface area contributed by atoms with E-state index in [4.69, 9.17) is 5.73 Å². The molecule has 0 radical (unpaired) electrons. The normalized spacial score (nSPS) is 12.3. The lowest BCUT2D eigenvalue weighted by Crippen LogP contribution is -2.25. The molecule has 1 atom stereocenters. The maximum Gasteiger partial charge on any atom is 0.253 e. The number of hydrogen-bond donors (Lipinski definition) is 2. The lowest BCUT2D eigenvalue weighted by molar-refractivity contribution is -0.118. The predicted molar refractivity (Wildman–Crippen MR) is 51.0 cm³/mol. The van der Waals surface area contributed by atoms with E-state index in [0.29, 0.717) is 0 Å². The minimum atomic E-state index is -1.77. The van der Waals surface area contributed by atoms with E-state index in [0.717, 1.165) is 0 Å². The second kappa shape index (κ2) is 4.98. The zero-order chi connectivity index (χ0) is 13.2. The van der Waals surface area contributed by atoms with Crippen LogP contribution < -0.4 is 11.1 Å². The summed E-state index contributed by atoms with van der Waals surface area (Å²) in [6.07, 6.45) is -0.246. The lowest BCUT2D eigenvalue weighted by Gasteiger charge is -2.14. The zero-order valence-electron chi connectivity index (χ0n) is 8.73. The van der Waals surface area contributed by atoms with Gasteiger partial charge < -0.3 is 11.1 Å². The molecule has 3 N–H and O–H groups in total. The Morgan fingerprint density at radius 3 is 2.18 bits per heavy atom. The van der Waals surface area contributed by atoms with Crippen LogP contribution in [0.3, 0.4) is 0 Å². The standard InChI is InChI=1S/C9H9F4N3O/c1-3(2-4(14)17)15-7-5(10)8(12)16-9(13)6(7)11/h3H,2H2,1H3,(H2,14,17)(H,15,16). The second-order valence-corrected chi connectivity index (χ2v) is 3.41. The van der Waals surface area contributed by atoms with Crippen molar-refractivity contribution in [2.45, 2.75) is 19.4 Å². The van der Waals surface area contributed by atoms with Crippen molar-refractivity contribution in [1.29, 1.82) is 0 Å². The fraction of sp³-hybridized carbons (Fsp3) is 0.333. The molecule has 0 aliphatic heterocycles. The van der Waals surface area contributed by atoms with Gasteiger partial charge in [0.25, 0.3) is 11.9 Å². The van der Waals surface area contributed by atoms with Gasteiger partial charge in [-0.3, -0.25) is 4.79 Å². The van der Waals surface area contributed by atoms with Crippen molar-refractivity contribution in [3.63, 3.8) is 0 Å². The number of hydrogen-bond acceptors (Lipinski definition) is 3. The largest absolute Gasteiger partial charge is 0.377 e. The fourth-order valence-electron chi connectivity index (χ4n) is 1.21. The van der Waals surface area contributed by atoms with Crippen molar-refractivity contribution >= 4 is 11.6 Å². The molecule has 4 nitrogen and oxygen atoms in total. The van der Waals surface area contributed by atoms with Crippen LogP contribution in [0.1, 0.15) is 13.3 Å². The summed E-state index contributed by atoms with van der Waals surface area (Å²) in [6.45, 7) is 1.37. The van der Waals surface area contributed by atoms with Crippen molar-refractivity contribution in [3.8, 4) is 0 Å². The molecule has 17 heavy (non-hydrogen) atoms. The van der Waals surface area contributed by atoms with Crippen molar-refractivity contribution < 1.29 is 22.4 Å². The van der Waals surface area contributed by atoms with E-state index in [-0.39, 0.29) is 6.42 Å². The Morgan fingerprint density at radius 2 is 1.76 bits per heavy atom. The first-order valence-electron chi connectivity index (χ1n) is 4.57. The molecule has 0 aliphatic carbocycles. The van der Waals surface area contributed by atoms with Gasteiger partial charge in [0.2, 0.25) is 17.5 Å². The van der Waals surface area contributed by atoms with Gasteiger partial charge in [-0.15, -0.1) is 0 Å². The molecule has 1 aromatic heterocycles. The van der Waals surface area contributed by atoms with Gasteiger partial charge in [-0.05, 0) is 6.92 Å². The molecule has 1 heterocycles. The number of aromatic nitrogens is 1. The molecular formula is C9H9F4N3O. The Balaban J connectivity index is 3.01. The number of halogens is 4. The molecule has 1 amide bonds. The number of carbonyl (C=O) groups excluding carboxylic acids is 1. The average Bonchev–Trinajstić information content (AvgIpc) is 2.20. The molecule has 0 spiro atoms. The molecule has 0 aliphatic rings. The molecule has 0 bridgehead atoms. The Morgan fingerprint density at radius 1 is 1.29 bits per heavy atom. The highest BCUT2D eigenvalue weighted by molar-refractivity contribution is 5.74. The zero-order valence-corrected chi connectivity index (χ0v) is 8.73. The highest BCUT2D eigenvalue weighted by Crippen LogP contribution is 2.22. The molecule has 0 saturated carbocycles. The number of rotatable bonds is 4. The maximum atomic E-state index is 13.1. The van der Waals surface area contributed by atoms with Gasteiger partial charge in [0.05, 0.1) is 0 Å². The third kappa shape index (κ3) is 3.05. The summed E-state index contributed by atoms with van der Waals surface area (Å²) in [5, 5.41) is 2.12. The van der Waals surface area contributed by atoms with E-state index >= 15 is 0 Å². The molecular weight excluding hydrogens is 242 g/mol. The average molecular weight is 251 g/mol. The Labute approximate surface area is 93.8 Å². The third-order valence-electron chi connectivity index (χ3n) is 1.90. The van der Waals surface area contributed by atoms with E-state index in [9.17, 15) is 22.4 Å². The van der Waals surface area contributed by atoms with E-state index in [1.54, 1.807) is 0 Å². The third-order valence-corrected chi connectivity index (χ3v) is 1.90. The number of anilines is 1. The Kier molecular flexibility index (Phi) is 3.87. The quantitative estimate of drug-likeness (QED) is 0.626. The van der Waals surface area contributed by atoms with E-state index < -0.39 is 41.2 Å². The summed E-state index contributed by atoms with van der Waals surface area (Å²) < 4.78 is 51.7. The Bertz CT molecular complexity index is 426. The van der Waals surface area contributed by atoms with Gasteiger partial charge in [0.1, 0.15) is 5.69 Å². The number of amides is 1. The molecule has 0 aromatic carbocycles. The number of primary amides is 1. The van der Waals surface area contributed by atoms with Gasteiger partial charge in [-0.25, -0.2) is 0 Å². The fourth-order valence-corrected chi connectivity index (χ4v) is 1.21. The second-order valence-electron chi connectivity index (χ2n) is 3.41. The number of pyridine rings is 1. The van der Waals surface area contributed by atoms with Crippen LogP contribution in [0.2, 0.25) is 0 Å². The van der Waals surface area contributed by atoms with Gasteiger partial charge in [0.15, 0.2) is 0 Å². The summed E-state index contributed by atoms with van der Waals surface area (Å²) in [5.41, 5.74) is 3.85. The van der Waals surface area contributed by atoms with E-state index in [2.05, 4.69) is 10.3 Å². The summed E-state index contributed by atoms with van der Waals surface area (Å²) in [6, 6.07) is -0.780. The van der Waals surface area contributed by atoms with Crippen LogP contribution in [0.25, 0.3) is 0 Å². The van der Waals surface area contributed by atoms with Crippen molar-refractivity contribution in [2.24, 2.45) is 5.73 Å². The summed E-state index contributed by atoms with van der Waals surface area (Å²) >= 11 is 0. The SMILES string of the molecule is CC(CC(N)=O)Nc1c(F)c(F)nc(F)c1F. The molecule has 8 heteroatoms. The number of carbonyl (C=O) groups is 1. The number of nitrogens with one attached hydrogen (secondary N) is 1. The molecule has 0 saturated heterocycles. The van der Waals surface area contributed by atoms with Crippen LogP contribution in [-0.2, 0) is 4.79 Å². The minimum absolute atomic E-state index is 0.246. The van der Waals surface area contributed by atoms with Crippen LogP contribution in [-0.4, -0.2) is 16.9 Å². The summed E-state index contributed by atoms with van der Waals surface area (Å²) in [7, 11) is 0. The highest BCUT2D eigenvalue weighted by atomic mass is 19.2. The molecule has 0 fully saturated rings. The molecule has 1 unspecified atom stereocenters. The highest BCUT2D eigenvalue weighted by Gasteiger charge is 2.22. The first kappa shape index (κ1) is 13.2. The first-order valence-corrected chi connectivity index (χ1v) is 4.57. The lowest BCUT2D eigenvalue weighted by atomic mass is 10.2. The van der Waals surface area contributed by atoms with Crippen LogP contribution in [0.5, 0.6) is 0 Å². The van der Waals surface area contributed by atoms with E-state index in [1.807, 2.05) is 0 Å². The molecule has 94 valence electrons. The topological polar surface area (TPSA) is 68.0 Å². The van der Waals surface area contributed by atoms with Crippen LogP contribution in [0.4, 0.5) is 23.2 Å². The Hall–Kier alpha value is -1.86. The first-order chi connectivity index (χ1) is 7.82. The molecule has 1 rings (SSSR count). The van der Waals surface area contributed by atoms with Gasteiger partial charge >= 0.3 is 0 Å². The van der Waals surface area contributed by atoms with Crippen LogP contribution >= 0.6 is 0 Å². The van der Waals surface area contributed by atoms with Gasteiger partial charge in [-0.1, -0.05) is 0 Å². The number of nitrogens with zero attached hydrogens (tertiary/aromatic N) is 1.